The van der Waals surface area contributed by atoms with E-state index in [0.717, 1.165) is 12.5 Å². The molecule has 1 aromatic heterocycles. The standard InChI is InChI=1S/C23H21N3O7/c1-32-19(27)13-18(14-8-10-16(11-9-14)26(30)31)21(23(29)33-2)25-22(28)17-7-3-5-15-6-4-12-24-20(15)17/h3-12,18,21H,13H2,1-2H3,(H,25,28)/t18-,21-/m1/s1. The number of para-hydroxylation sites is 1. The normalized spacial score (nSPS) is 12.4. The van der Waals surface area contributed by atoms with Crippen LogP contribution in [0.15, 0.2) is 60.8 Å². The highest BCUT2D eigenvalue weighted by molar-refractivity contribution is 6.06. The monoisotopic (exact) mass is 451 g/mol. The molecule has 0 bridgehead atoms. The lowest BCUT2D eigenvalue weighted by atomic mass is 9.88. The highest BCUT2D eigenvalue weighted by Crippen LogP contribution is 2.28. The molecule has 3 aromatic rings. The van der Waals surface area contributed by atoms with Crippen molar-refractivity contribution in [2.75, 3.05) is 14.2 Å². The van der Waals surface area contributed by atoms with E-state index < -0.39 is 34.7 Å². The second-order valence-electron chi connectivity index (χ2n) is 7.09. The van der Waals surface area contributed by atoms with Crippen molar-refractivity contribution in [1.29, 1.82) is 0 Å². The number of aromatic nitrogens is 1. The van der Waals surface area contributed by atoms with Crippen LogP contribution in [0.1, 0.15) is 28.3 Å². The van der Waals surface area contributed by atoms with Gasteiger partial charge in [-0.1, -0.05) is 30.3 Å². The lowest BCUT2D eigenvalue weighted by molar-refractivity contribution is -0.384. The molecule has 33 heavy (non-hydrogen) atoms. The van der Waals surface area contributed by atoms with Gasteiger partial charge in [-0.25, -0.2) is 4.79 Å². The van der Waals surface area contributed by atoms with Crippen molar-refractivity contribution in [3.8, 4) is 0 Å². The minimum Gasteiger partial charge on any atom is -0.469 e. The summed E-state index contributed by atoms with van der Waals surface area (Å²) >= 11 is 0. The van der Waals surface area contributed by atoms with Gasteiger partial charge in [0.25, 0.3) is 11.6 Å². The summed E-state index contributed by atoms with van der Waals surface area (Å²) in [6.07, 6.45) is 1.27. The topological polar surface area (TPSA) is 138 Å². The Morgan fingerprint density at radius 3 is 2.36 bits per heavy atom. The fourth-order valence-corrected chi connectivity index (χ4v) is 3.49. The average Bonchev–Trinajstić information content (AvgIpc) is 2.84. The van der Waals surface area contributed by atoms with Crippen LogP contribution in [-0.2, 0) is 19.1 Å². The second-order valence-corrected chi connectivity index (χ2v) is 7.09. The van der Waals surface area contributed by atoms with E-state index in [4.69, 9.17) is 9.47 Å². The van der Waals surface area contributed by atoms with Crippen molar-refractivity contribution in [2.45, 2.75) is 18.4 Å². The van der Waals surface area contributed by atoms with Gasteiger partial charge in [0.2, 0.25) is 0 Å². The maximum atomic E-state index is 13.2. The SMILES string of the molecule is COC(=O)C[C@H](c1ccc([N+](=O)[O-])cc1)[C@@H](NC(=O)c1cccc2cccnc12)C(=O)OC. The third-order valence-electron chi connectivity index (χ3n) is 5.17. The number of hydrogen-bond acceptors (Lipinski definition) is 8. The highest BCUT2D eigenvalue weighted by Gasteiger charge is 2.35. The van der Waals surface area contributed by atoms with Gasteiger partial charge < -0.3 is 14.8 Å². The first-order chi connectivity index (χ1) is 15.8. The molecule has 2 aromatic carbocycles. The number of methoxy groups -OCH3 is 2. The van der Waals surface area contributed by atoms with Gasteiger partial charge in [-0.15, -0.1) is 0 Å². The first-order valence-electron chi connectivity index (χ1n) is 9.89. The molecule has 0 spiro atoms. The van der Waals surface area contributed by atoms with Crippen LogP contribution in [0.5, 0.6) is 0 Å². The third-order valence-corrected chi connectivity index (χ3v) is 5.17. The predicted molar refractivity (Wildman–Crippen MR) is 117 cm³/mol. The van der Waals surface area contributed by atoms with Gasteiger partial charge in [0, 0.05) is 29.6 Å². The summed E-state index contributed by atoms with van der Waals surface area (Å²) in [5, 5.41) is 14.4. The number of nitro benzene ring substituents is 1. The first-order valence-corrected chi connectivity index (χ1v) is 9.89. The molecule has 170 valence electrons. The zero-order valence-corrected chi connectivity index (χ0v) is 17.9. The predicted octanol–water partition coefficient (Wildman–Crippen LogP) is 2.76. The number of rotatable bonds is 8. The Kier molecular flexibility index (Phi) is 7.29. The Balaban J connectivity index is 2.00. The van der Waals surface area contributed by atoms with Crippen LogP contribution >= 0.6 is 0 Å². The average molecular weight is 451 g/mol. The fraction of sp³-hybridized carbons (Fsp3) is 0.217. The number of carbonyl (C=O) groups is 3. The molecule has 10 heteroatoms. The number of non-ortho nitro benzene ring substituents is 1. The Morgan fingerprint density at radius 2 is 1.73 bits per heavy atom. The number of pyridine rings is 1. The Bertz CT molecular complexity index is 1190. The van der Waals surface area contributed by atoms with E-state index in [1.807, 2.05) is 0 Å². The van der Waals surface area contributed by atoms with E-state index in [1.165, 1.54) is 31.4 Å². The number of esters is 2. The van der Waals surface area contributed by atoms with E-state index in [2.05, 4.69) is 10.3 Å². The van der Waals surface area contributed by atoms with Gasteiger partial charge in [0.15, 0.2) is 0 Å². The number of nitrogens with zero attached hydrogens (tertiary/aromatic N) is 2. The Hall–Kier alpha value is -4.34. The Morgan fingerprint density at radius 1 is 1.03 bits per heavy atom. The fourth-order valence-electron chi connectivity index (χ4n) is 3.49. The quantitative estimate of drug-likeness (QED) is 0.313. The van der Waals surface area contributed by atoms with Crippen LogP contribution in [-0.4, -0.2) is 48.0 Å². The molecule has 3 rings (SSSR count). The van der Waals surface area contributed by atoms with Crippen LogP contribution in [0.3, 0.4) is 0 Å². The van der Waals surface area contributed by atoms with Crippen LogP contribution in [0.25, 0.3) is 10.9 Å². The number of nitro groups is 1. The summed E-state index contributed by atoms with van der Waals surface area (Å²) in [7, 11) is 2.36. The largest absolute Gasteiger partial charge is 0.469 e. The van der Waals surface area contributed by atoms with Crippen molar-refractivity contribution < 1.29 is 28.8 Å². The Labute approximate surface area is 188 Å². The molecule has 1 heterocycles. The van der Waals surface area contributed by atoms with Gasteiger partial charge >= 0.3 is 11.9 Å². The molecule has 0 saturated carbocycles. The minimum atomic E-state index is -1.28. The summed E-state index contributed by atoms with van der Waals surface area (Å²) in [6.45, 7) is 0. The first kappa shape index (κ1) is 23.3. The van der Waals surface area contributed by atoms with E-state index in [9.17, 15) is 24.5 Å². The number of nitrogens with one attached hydrogen (secondary N) is 1. The smallest absolute Gasteiger partial charge is 0.329 e. The van der Waals surface area contributed by atoms with Gasteiger partial charge in [0.05, 0.1) is 36.6 Å². The summed E-state index contributed by atoms with van der Waals surface area (Å²) in [6, 6.07) is 12.7. The van der Waals surface area contributed by atoms with E-state index in [-0.39, 0.29) is 17.7 Å². The van der Waals surface area contributed by atoms with E-state index in [0.29, 0.717) is 11.1 Å². The number of ether oxygens (including phenoxy) is 2. The number of hydrogen-bond donors (Lipinski definition) is 1. The number of fused-ring (bicyclic) bond motifs is 1. The van der Waals surface area contributed by atoms with Crippen molar-refractivity contribution in [2.24, 2.45) is 0 Å². The molecule has 1 N–H and O–H groups in total. The molecule has 0 radical (unpaired) electrons. The zero-order chi connectivity index (χ0) is 24.0. The van der Waals surface area contributed by atoms with E-state index in [1.54, 1.807) is 36.5 Å². The molecule has 10 nitrogen and oxygen atoms in total. The molecule has 0 aliphatic carbocycles. The lowest BCUT2D eigenvalue weighted by Gasteiger charge is -2.26. The van der Waals surface area contributed by atoms with Crippen LogP contribution in [0.2, 0.25) is 0 Å². The van der Waals surface area contributed by atoms with Crippen LogP contribution in [0.4, 0.5) is 5.69 Å². The zero-order valence-electron chi connectivity index (χ0n) is 17.9. The molecule has 0 unspecified atom stereocenters. The van der Waals surface area contributed by atoms with Crippen molar-refractivity contribution in [1.82, 2.24) is 10.3 Å². The van der Waals surface area contributed by atoms with Gasteiger partial charge in [-0.05, 0) is 17.7 Å². The molecule has 0 saturated heterocycles. The molecule has 2 atom stereocenters. The molecule has 0 aliphatic rings. The van der Waals surface area contributed by atoms with Gasteiger partial charge in [-0.3, -0.25) is 24.7 Å². The number of amides is 1. The van der Waals surface area contributed by atoms with Crippen molar-refractivity contribution >= 4 is 34.4 Å². The number of carbonyl (C=O) groups excluding carboxylic acids is 3. The molecule has 0 aliphatic heterocycles. The summed E-state index contributed by atoms with van der Waals surface area (Å²) in [5.74, 6) is -2.92. The lowest BCUT2D eigenvalue weighted by Crippen LogP contribution is -2.46. The minimum absolute atomic E-state index is 0.156. The third kappa shape index (κ3) is 5.29. The number of benzene rings is 2. The summed E-state index contributed by atoms with van der Waals surface area (Å²) in [5.41, 5.74) is 0.942. The maximum Gasteiger partial charge on any atom is 0.329 e. The van der Waals surface area contributed by atoms with Crippen molar-refractivity contribution in [3.05, 3.63) is 82.0 Å². The highest BCUT2D eigenvalue weighted by atomic mass is 16.6. The van der Waals surface area contributed by atoms with Crippen LogP contribution < -0.4 is 5.32 Å². The van der Waals surface area contributed by atoms with Crippen LogP contribution in [0, 0.1) is 10.1 Å². The molecule has 0 fully saturated rings. The van der Waals surface area contributed by atoms with E-state index >= 15 is 0 Å². The molecule has 1 amide bonds. The van der Waals surface area contributed by atoms with Gasteiger partial charge in [0.1, 0.15) is 6.04 Å². The van der Waals surface area contributed by atoms with Gasteiger partial charge in [-0.2, -0.15) is 0 Å². The molecular weight excluding hydrogens is 430 g/mol. The second kappa shape index (κ2) is 10.3. The maximum absolute atomic E-state index is 13.2. The molecular formula is C23H21N3O7. The summed E-state index contributed by atoms with van der Waals surface area (Å²) < 4.78 is 9.64. The van der Waals surface area contributed by atoms with Crippen molar-refractivity contribution in [3.63, 3.8) is 0 Å². The summed E-state index contributed by atoms with van der Waals surface area (Å²) in [4.78, 5) is 52.6.